The van der Waals surface area contributed by atoms with E-state index in [1.54, 1.807) is 7.05 Å². The van der Waals surface area contributed by atoms with Crippen molar-refractivity contribution in [2.24, 2.45) is 10.9 Å². The van der Waals surface area contributed by atoms with Crippen LogP contribution in [0.5, 0.6) is 0 Å². The molecule has 1 N–H and O–H groups in total. The Bertz CT molecular complexity index is 775. The second-order valence-electron chi connectivity index (χ2n) is 6.39. The van der Waals surface area contributed by atoms with E-state index in [0.717, 1.165) is 43.2 Å². The minimum atomic E-state index is -0.109. The molecule has 1 aliphatic heterocycles. The predicted molar refractivity (Wildman–Crippen MR) is 96.4 cm³/mol. The fourth-order valence-electron chi connectivity index (χ4n) is 3.22. The van der Waals surface area contributed by atoms with Crippen LogP contribution in [-0.2, 0) is 16.1 Å². The third-order valence-electron chi connectivity index (χ3n) is 4.63. The molecule has 3 rings (SSSR count). The highest BCUT2D eigenvalue weighted by Gasteiger charge is 2.26. The zero-order chi connectivity index (χ0) is 17.8. The van der Waals surface area contributed by atoms with Crippen LogP contribution in [0.1, 0.15) is 24.1 Å². The number of ether oxygens (including phenoxy) is 1. The van der Waals surface area contributed by atoms with Crippen LogP contribution in [0.15, 0.2) is 29.5 Å². The molecule has 2 aromatic rings. The first kappa shape index (κ1) is 17.3. The van der Waals surface area contributed by atoms with Gasteiger partial charge in [-0.05, 0) is 37.5 Å². The van der Waals surface area contributed by atoms with E-state index in [1.165, 1.54) is 12.7 Å². The third-order valence-corrected chi connectivity index (χ3v) is 4.63. The fraction of sp³-hybridized carbons (Fsp3) is 0.500. The SMILES string of the molecule is CN=C(NCc1cn2ccc(C)cc2n1)N1CCC(C(=O)OC)CC1. The van der Waals surface area contributed by atoms with Crippen LogP contribution in [0.25, 0.3) is 5.65 Å². The number of aliphatic imine (C=N–C) groups is 1. The molecule has 7 nitrogen and oxygen atoms in total. The lowest BCUT2D eigenvalue weighted by Gasteiger charge is -2.33. The van der Waals surface area contributed by atoms with Crippen LogP contribution in [-0.4, -0.2) is 53.5 Å². The second kappa shape index (κ2) is 7.55. The van der Waals surface area contributed by atoms with Gasteiger partial charge in [0.2, 0.25) is 0 Å². The topological polar surface area (TPSA) is 71.2 Å². The van der Waals surface area contributed by atoms with Crippen molar-refractivity contribution in [3.8, 4) is 0 Å². The van der Waals surface area contributed by atoms with Gasteiger partial charge in [0.1, 0.15) is 5.65 Å². The van der Waals surface area contributed by atoms with Crippen LogP contribution in [0, 0.1) is 12.8 Å². The molecule has 0 aliphatic carbocycles. The summed E-state index contributed by atoms with van der Waals surface area (Å²) in [7, 11) is 3.23. The van der Waals surface area contributed by atoms with Crippen LogP contribution in [0.3, 0.4) is 0 Å². The summed E-state index contributed by atoms with van der Waals surface area (Å²) in [6.07, 6.45) is 5.63. The molecule has 1 aliphatic rings. The average molecular weight is 343 g/mol. The van der Waals surface area contributed by atoms with Gasteiger partial charge in [-0.2, -0.15) is 0 Å². The maximum atomic E-state index is 11.6. The maximum absolute atomic E-state index is 11.6. The number of guanidine groups is 1. The van der Waals surface area contributed by atoms with E-state index >= 15 is 0 Å². The Morgan fingerprint density at radius 2 is 2.20 bits per heavy atom. The van der Waals surface area contributed by atoms with Crippen molar-refractivity contribution in [3.63, 3.8) is 0 Å². The minimum Gasteiger partial charge on any atom is -0.469 e. The number of esters is 1. The predicted octanol–water partition coefficient (Wildman–Crippen LogP) is 1.60. The highest BCUT2D eigenvalue weighted by Crippen LogP contribution is 2.18. The van der Waals surface area contributed by atoms with E-state index in [9.17, 15) is 4.79 Å². The van der Waals surface area contributed by atoms with Crippen molar-refractivity contribution in [1.82, 2.24) is 19.6 Å². The summed E-state index contributed by atoms with van der Waals surface area (Å²) in [5.74, 6) is 0.736. The average Bonchev–Trinajstić information content (AvgIpc) is 3.04. The molecule has 0 amide bonds. The summed E-state index contributed by atoms with van der Waals surface area (Å²) in [4.78, 5) is 22.8. The Labute approximate surface area is 147 Å². The number of aromatic nitrogens is 2. The van der Waals surface area contributed by atoms with Crippen LogP contribution in [0.4, 0.5) is 0 Å². The van der Waals surface area contributed by atoms with E-state index < -0.39 is 0 Å². The first-order chi connectivity index (χ1) is 12.1. The first-order valence-corrected chi connectivity index (χ1v) is 8.58. The quantitative estimate of drug-likeness (QED) is 0.521. The van der Waals surface area contributed by atoms with E-state index in [2.05, 4.69) is 39.2 Å². The standard InChI is InChI=1S/C18H25N5O2/c1-13-4-7-23-12-15(21-16(23)10-13)11-20-18(19-2)22-8-5-14(6-9-22)17(24)25-3/h4,7,10,12,14H,5-6,8-9,11H2,1-3H3,(H,19,20). The van der Waals surface area contributed by atoms with Crippen molar-refractivity contribution in [3.05, 3.63) is 35.8 Å². The number of imidazole rings is 1. The number of nitrogens with one attached hydrogen (secondary N) is 1. The lowest BCUT2D eigenvalue weighted by atomic mass is 9.97. The van der Waals surface area contributed by atoms with Gasteiger partial charge in [-0.1, -0.05) is 0 Å². The normalized spacial score (nSPS) is 16.3. The summed E-state index contributed by atoms with van der Waals surface area (Å²) in [5, 5.41) is 3.37. The number of carbonyl (C=O) groups excluding carboxylic acids is 1. The molecule has 0 spiro atoms. The number of hydrogen-bond acceptors (Lipinski definition) is 4. The molecule has 0 saturated carbocycles. The Hall–Kier alpha value is -2.57. The molecule has 0 aromatic carbocycles. The van der Waals surface area contributed by atoms with Crippen molar-refractivity contribution in [2.75, 3.05) is 27.2 Å². The number of aryl methyl sites for hydroxylation is 1. The molecule has 2 aromatic heterocycles. The highest BCUT2D eigenvalue weighted by atomic mass is 16.5. The van der Waals surface area contributed by atoms with Crippen LogP contribution < -0.4 is 5.32 Å². The Kier molecular flexibility index (Phi) is 5.21. The van der Waals surface area contributed by atoms with Crippen molar-refractivity contribution >= 4 is 17.6 Å². The summed E-state index contributed by atoms with van der Waals surface area (Å²) in [5.41, 5.74) is 3.11. The van der Waals surface area contributed by atoms with Gasteiger partial charge < -0.3 is 19.4 Å². The van der Waals surface area contributed by atoms with Gasteiger partial charge in [0, 0.05) is 32.5 Å². The van der Waals surface area contributed by atoms with Gasteiger partial charge in [0.15, 0.2) is 5.96 Å². The summed E-state index contributed by atoms with van der Waals surface area (Å²) in [6.45, 7) is 4.27. The molecule has 1 fully saturated rings. The van der Waals surface area contributed by atoms with Crippen molar-refractivity contribution in [1.29, 1.82) is 0 Å². The number of rotatable bonds is 3. The lowest BCUT2D eigenvalue weighted by Crippen LogP contribution is -2.46. The molecule has 0 unspecified atom stereocenters. The molecule has 3 heterocycles. The number of fused-ring (bicyclic) bond motifs is 1. The third kappa shape index (κ3) is 3.92. The minimum absolute atomic E-state index is 0.000959. The lowest BCUT2D eigenvalue weighted by molar-refractivity contribution is -0.146. The van der Waals surface area contributed by atoms with E-state index in [1.807, 2.05) is 16.8 Å². The number of hydrogen-bond donors (Lipinski definition) is 1. The highest BCUT2D eigenvalue weighted by molar-refractivity contribution is 5.80. The molecular weight excluding hydrogens is 318 g/mol. The van der Waals surface area contributed by atoms with Crippen molar-refractivity contribution < 1.29 is 9.53 Å². The zero-order valence-corrected chi connectivity index (χ0v) is 15.0. The van der Waals surface area contributed by atoms with Gasteiger partial charge in [-0.25, -0.2) is 4.98 Å². The number of nitrogens with zero attached hydrogens (tertiary/aromatic N) is 4. The van der Waals surface area contributed by atoms with Crippen molar-refractivity contribution in [2.45, 2.75) is 26.3 Å². The number of likely N-dealkylation sites (tertiary alicyclic amines) is 1. The van der Waals surface area contributed by atoms with Gasteiger partial charge >= 0.3 is 5.97 Å². The zero-order valence-electron chi connectivity index (χ0n) is 15.0. The summed E-state index contributed by atoms with van der Waals surface area (Å²) < 4.78 is 6.86. The summed E-state index contributed by atoms with van der Waals surface area (Å²) >= 11 is 0. The van der Waals surface area contributed by atoms with Crippen LogP contribution in [0.2, 0.25) is 0 Å². The van der Waals surface area contributed by atoms with Gasteiger partial charge in [-0.15, -0.1) is 0 Å². The molecule has 0 bridgehead atoms. The molecule has 25 heavy (non-hydrogen) atoms. The number of pyridine rings is 1. The number of carbonyl (C=O) groups is 1. The largest absolute Gasteiger partial charge is 0.469 e. The van der Waals surface area contributed by atoms with E-state index in [-0.39, 0.29) is 11.9 Å². The molecule has 0 atom stereocenters. The van der Waals surface area contributed by atoms with E-state index in [0.29, 0.717) is 6.54 Å². The molecular formula is C18H25N5O2. The van der Waals surface area contributed by atoms with Gasteiger partial charge in [-0.3, -0.25) is 9.79 Å². The molecule has 134 valence electrons. The first-order valence-electron chi connectivity index (χ1n) is 8.58. The number of piperidine rings is 1. The number of methoxy groups -OCH3 is 1. The molecule has 0 radical (unpaired) electrons. The second-order valence-corrected chi connectivity index (χ2v) is 6.39. The van der Waals surface area contributed by atoms with Gasteiger partial charge in [0.25, 0.3) is 0 Å². The fourth-order valence-corrected chi connectivity index (χ4v) is 3.22. The van der Waals surface area contributed by atoms with Gasteiger partial charge in [0.05, 0.1) is 25.3 Å². The Morgan fingerprint density at radius 3 is 2.88 bits per heavy atom. The molecule has 1 saturated heterocycles. The van der Waals surface area contributed by atoms with Crippen LogP contribution >= 0.6 is 0 Å². The summed E-state index contributed by atoms with van der Waals surface area (Å²) in [6, 6.07) is 4.13. The maximum Gasteiger partial charge on any atom is 0.308 e. The van der Waals surface area contributed by atoms with E-state index in [4.69, 9.17) is 4.74 Å². The monoisotopic (exact) mass is 343 g/mol. The Balaban J connectivity index is 1.58. The molecule has 7 heteroatoms. The smallest absolute Gasteiger partial charge is 0.308 e. The Morgan fingerprint density at radius 1 is 1.44 bits per heavy atom.